The summed E-state index contributed by atoms with van der Waals surface area (Å²) < 4.78 is 73.8. The molecule has 0 aromatic heterocycles. The zero-order valence-corrected chi connectivity index (χ0v) is 8.43. The van der Waals surface area contributed by atoms with Gasteiger partial charge in [0.25, 0.3) is 20.2 Å². The Morgan fingerprint density at radius 1 is 1.07 bits per heavy atom. The van der Waals surface area contributed by atoms with Crippen LogP contribution < -0.4 is 23.9 Å². The van der Waals surface area contributed by atoms with E-state index < -0.39 is 32.8 Å². The fraction of sp³-hybridized carbons (Fsp3) is 1.00. The molecule has 0 aliphatic rings. The molecule has 0 amide bonds. The molecule has 0 spiro atoms. The summed E-state index contributed by atoms with van der Waals surface area (Å²) in [7, 11) is -12.7. The van der Waals surface area contributed by atoms with Crippen LogP contribution in [0.2, 0.25) is 0 Å². The van der Waals surface area contributed by atoms with Crippen molar-refractivity contribution in [2.75, 3.05) is 5.08 Å². The van der Waals surface area contributed by atoms with Gasteiger partial charge in [-0.05, 0) is 0 Å². The van der Waals surface area contributed by atoms with Crippen molar-refractivity contribution in [3.05, 3.63) is 0 Å². The van der Waals surface area contributed by atoms with Crippen molar-refractivity contribution in [3.8, 4) is 0 Å². The molecule has 0 heterocycles. The first-order valence-electron chi connectivity index (χ1n) is 2.28. The van der Waals surface area contributed by atoms with Gasteiger partial charge in [-0.25, -0.2) is 0 Å². The summed E-state index contributed by atoms with van der Waals surface area (Å²) in [5, 5.41) is 6.54. The van der Waals surface area contributed by atoms with Crippen LogP contribution in [-0.4, -0.2) is 38.5 Å². The predicted octanol–water partition coefficient (Wildman–Crippen LogP) is -5.01. The molecule has 0 radical (unpaired) electrons. The van der Waals surface area contributed by atoms with Gasteiger partial charge < -0.3 is 13.7 Å². The van der Waals surface area contributed by atoms with Crippen molar-refractivity contribution in [3.63, 3.8) is 0 Å². The van der Waals surface area contributed by atoms with Gasteiger partial charge in [0.15, 0.2) is 0 Å². The van der Waals surface area contributed by atoms with Crippen LogP contribution in [0.4, 0.5) is 8.63 Å². The van der Waals surface area contributed by atoms with Gasteiger partial charge in [-0.1, -0.05) is 0 Å². The van der Waals surface area contributed by atoms with Gasteiger partial charge in [-0.2, -0.15) is 16.8 Å². The van der Waals surface area contributed by atoms with Crippen LogP contribution in [0.3, 0.4) is 0 Å². The molecule has 0 rings (SSSR count). The molecular formula is CH4BF2LiO7S2. The van der Waals surface area contributed by atoms with Gasteiger partial charge in [0.05, 0.1) is 0 Å². The summed E-state index contributed by atoms with van der Waals surface area (Å²) in [4.78, 5) is 0. The quantitative estimate of drug-likeness (QED) is 0.369. The molecule has 0 aliphatic heterocycles. The summed E-state index contributed by atoms with van der Waals surface area (Å²) in [6.07, 6.45) is 0. The van der Waals surface area contributed by atoms with E-state index in [9.17, 15) is 25.5 Å². The maximum atomic E-state index is 9.78. The molecule has 0 unspecified atom stereocenters. The van der Waals surface area contributed by atoms with Gasteiger partial charge >= 0.3 is 26.3 Å². The molecule has 0 aromatic carbocycles. The molecule has 2 N–H and O–H groups in total. The zero-order chi connectivity index (χ0) is 11.3. The van der Waals surface area contributed by atoms with E-state index in [1.54, 1.807) is 0 Å². The van der Waals surface area contributed by atoms with Gasteiger partial charge in [-0.15, -0.1) is 0 Å². The fourth-order valence-corrected chi connectivity index (χ4v) is 1.69. The Morgan fingerprint density at radius 2 is 1.21 bits per heavy atom. The molecule has 80 valence electrons. The van der Waals surface area contributed by atoms with Crippen LogP contribution in [0.15, 0.2) is 0 Å². The van der Waals surface area contributed by atoms with Crippen molar-refractivity contribution in [2.24, 2.45) is 0 Å². The van der Waals surface area contributed by atoms with Crippen LogP contribution in [-0.2, 0) is 20.2 Å². The maximum absolute atomic E-state index is 9.78. The van der Waals surface area contributed by atoms with E-state index in [0.29, 0.717) is 0 Å². The van der Waals surface area contributed by atoms with E-state index in [0.717, 1.165) is 0 Å². The zero-order valence-electron chi connectivity index (χ0n) is 6.79. The van der Waals surface area contributed by atoms with Crippen molar-refractivity contribution < 1.29 is 58.5 Å². The Morgan fingerprint density at radius 3 is 1.21 bits per heavy atom. The van der Waals surface area contributed by atoms with Crippen LogP contribution in [0.1, 0.15) is 0 Å². The first-order chi connectivity index (χ1) is 5.44. The summed E-state index contributed by atoms with van der Waals surface area (Å²) in [6.45, 7) is 0. The third kappa shape index (κ3) is 39.6. The standard InChI is InChI=1S/CH4O6S2.BF2O.Li/c2-8(3,4)1-9(5,6)7;2-1(3)4;/h1H2,(H,2,3,4)(H,5,6,7);;/q;-1;+1. The van der Waals surface area contributed by atoms with Crippen LogP contribution in [0, 0.1) is 0 Å². The van der Waals surface area contributed by atoms with Crippen molar-refractivity contribution in [1.82, 2.24) is 0 Å². The Kier molecular flexibility index (Phi) is 10.7. The minimum absolute atomic E-state index is 0. The molecule has 0 bridgehead atoms. The average molecular weight is 248 g/mol. The van der Waals surface area contributed by atoms with Gasteiger partial charge in [0.1, 0.15) is 0 Å². The second kappa shape index (κ2) is 7.58. The molecule has 7 nitrogen and oxygen atoms in total. The largest absolute Gasteiger partial charge is 1.00 e. The van der Waals surface area contributed by atoms with Crippen LogP contribution >= 0.6 is 0 Å². The van der Waals surface area contributed by atoms with E-state index in [2.05, 4.69) is 0 Å². The monoisotopic (exact) mass is 248 g/mol. The Balaban J connectivity index is -0.000000209. The Hall–Kier alpha value is 0.302. The maximum Gasteiger partial charge on any atom is 1.00 e. The number of hydrogen-bond donors (Lipinski definition) is 2. The smallest absolute Gasteiger partial charge is 0.824 e. The van der Waals surface area contributed by atoms with Crippen molar-refractivity contribution >= 4 is 27.7 Å². The van der Waals surface area contributed by atoms with E-state index in [1.807, 2.05) is 0 Å². The molecule has 0 atom stereocenters. The minimum atomic E-state index is -4.62. The topological polar surface area (TPSA) is 132 Å². The van der Waals surface area contributed by atoms with E-state index >= 15 is 0 Å². The SMILES string of the molecule is O=S(=O)(O)CS(=O)(=O)O.[Li+].[O-]B(F)F. The van der Waals surface area contributed by atoms with Gasteiger partial charge in [0, 0.05) is 0 Å². The third-order valence-corrected chi connectivity index (χ3v) is 2.68. The first kappa shape index (κ1) is 19.8. The third-order valence-electron chi connectivity index (χ3n) is 0.298. The van der Waals surface area contributed by atoms with Crippen LogP contribution in [0.25, 0.3) is 0 Å². The molecule has 0 saturated carbocycles. The summed E-state index contributed by atoms with van der Waals surface area (Å²) in [5.74, 6) is 0. The van der Waals surface area contributed by atoms with Gasteiger partial charge in [0.2, 0.25) is 5.08 Å². The molecule has 14 heavy (non-hydrogen) atoms. The fourth-order valence-electron chi connectivity index (χ4n) is 0.188. The predicted molar refractivity (Wildman–Crippen MR) is 35.9 cm³/mol. The number of hydrogen-bond acceptors (Lipinski definition) is 5. The van der Waals surface area contributed by atoms with E-state index in [-0.39, 0.29) is 18.9 Å². The Labute approximate surface area is 91.4 Å². The molecule has 0 saturated heterocycles. The van der Waals surface area contributed by atoms with Crippen molar-refractivity contribution in [2.45, 2.75) is 0 Å². The Bertz CT molecular complexity index is 289. The molecule has 13 heteroatoms. The number of rotatable bonds is 2. The average Bonchev–Trinajstić information content (AvgIpc) is 1.47. The van der Waals surface area contributed by atoms with Gasteiger partial charge in [-0.3, -0.25) is 9.11 Å². The summed E-state index contributed by atoms with van der Waals surface area (Å²) in [6, 6.07) is 0. The normalized spacial score (nSPS) is 10.6. The molecule has 0 aromatic rings. The second-order valence-electron chi connectivity index (χ2n) is 1.54. The van der Waals surface area contributed by atoms with E-state index in [1.165, 1.54) is 0 Å². The van der Waals surface area contributed by atoms with Crippen molar-refractivity contribution in [1.29, 1.82) is 0 Å². The molecule has 0 aliphatic carbocycles. The van der Waals surface area contributed by atoms with E-state index in [4.69, 9.17) is 14.1 Å². The second-order valence-corrected chi connectivity index (χ2v) is 4.81. The summed E-state index contributed by atoms with van der Waals surface area (Å²) >= 11 is 0. The summed E-state index contributed by atoms with van der Waals surface area (Å²) in [5.41, 5.74) is 0. The number of halogens is 2. The van der Waals surface area contributed by atoms with Crippen LogP contribution in [0.5, 0.6) is 0 Å². The minimum Gasteiger partial charge on any atom is -0.824 e. The first-order valence-corrected chi connectivity index (χ1v) is 5.50. The molecular weight excluding hydrogens is 244 g/mol. The molecule has 0 fully saturated rings.